The van der Waals surface area contributed by atoms with E-state index in [1.54, 1.807) is 4.90 Å². The van der Waals surface area contributed by atoms with Crippen molar-refractivity contribution < 1.29 is 30.0 Å². The third-order valence-electron chi connectivity index (χ3n) is 6.94. The predicted octanol–water partition coefficient (Wildman–Crippen LogP) is 2.49. The van der Waals surface area contributed by atoms with E-state index in [0.29, 0.717) is 17.1 Å². The molecule has 0 radical (unpaired) electrons. The predicted molar refractivity (Wildman–Crippen MR) is 152 cm³/mol. The Morgan fingerprint density at radius 2 is 1.79 bits per heavy atom. The fraction of sp³-hybridized carbons (Fsp3) is 0.417. The molecule has 3 aromatic rings. The normalized spacial score (nSPS) is 16.9. The van der Waals surface area contributed by atoms with Crippen molar-refractivity contribution in [1.82, 2.24) is 23.9 Å². The molecule has 11 nitrogen and oxygen atoms in total. The zero-order chi connectivity index (χ0) is 31.2. The monoisotopic (exact) mass is 671 g/mol. The first-order valence-electron chi connectivity index (χ1n) is 12.5. The van der Waals surface area contributed by atoms with Crippen molar-refractivity contribution in [3.05, 3.63) is 71.8 Å². The molecular formula is C24H26Cl2F3N5O6S2. The van der Waals surface area contributed by atoms with Gasteiger partial charge in [0.2, 0.25) is 0 Å². The first-order chi connectivity index (χ1) is 19.5. The van der Waals surface area contributed by atoms with Crippen LogP contribution in [0.15, 0.2) is 38.8 Å². The van der Waals surface area contributed by atoms with Gasteiger partial charge in [0.05, 0.1) is 38.7 Å². The highest BCUT2D eigenvalue weighted by molar-refractivity contribution is 7.91. The van der Waals surface area contributed by atoms with Gasteiger partial charge in [-0.15, -0.1) is 0 Å². The largest absolute Gasteiger partial charge is 0.416 e. The van der Waals surface area contributed by atoms with Crippen LogP contribution in [0.25, 0.3) is 10.9 Å². The van der Waals surface area contributed by atoms with Gasteiger partial charge in [-0.1, -0.05) is 30.1 Å². The van der Waals surface area contributed by atoms with Crippen LogP contribution in [-0.4, -0.2) is 63.2 Å². The summed E-state index contributed by atoms with van der Waals surface area (Å²) in [6.07, 6.45) is -4.61. The molecule has 3 N–H and O–H groups in total. The first-order valence-corrected chi connectivity index (χ1v) is 16.4. The summed E-state index contributed by atoms with van der Waals surface area (Å²) in [6.45, 7) is 0.825. The van der Waals surface area contributed by atoms with Crippen LogP contribution in [0.2, 0.25) is 10.0 Å². The molecule has 0 amide bonds. The molecule has 1 fully saturated rings. The standard InChI is InChI=1S/C24H26Cl2F3N5O6S2/c1-3-41(37,38)19-5-4-14(25)8-13(19)10-34-22(35)16-9-18(24(27,28)29)17(20(26)21(16)31-23(34)36)12-33-7-6-15(11-33)32-42(39,40)30-2/h4-5,8-9,15,30,32H,3,6-7,10-12H2,1-2H3,(H,31,36). The molecule has 1 unspecified atom stereocenters. The number of sulfone groups is 1. The third-order valence-corrected chi connectivity index (χ3v) is 10.6. The highest BCUT2D eigenvalue weighted by atomic mass is 35.5. The van der Waals surface area contributed by atoms with Crippen LogP contribution in [0, 0.1) is 0 Å². The zero-order valence-corrected chi connectivity index (χ0v) is 25.3. The maximum Gasteiger partial charge on any atom is 0.416 e. The minimum Gasteiger partial charge on any atom is -0.305 e. The Morgan fingerprint density at radius 3 is 2.40 bits per heavy atom. The molecule has 1 aromatic heterocycles. The minimum atomic E-state index is -4.94. The molecule has 0 bridgehead atoms. The topological polar surface area (TPSA) is 150 Å². The zero-order valence-electron chi connectivity index (χ0n) is 22.2. The van der Waals surface area contributed by atoms with E-state index in [9.17, 15) is 39.6 Å². The number of nitrogens with zero attached hydrogens (tertiary/aromatic N) is 2. The first kappa shape index (κ1) is 32.4. The van der Waals surface area contributed by atoms with Gasteiger partial charge in [-0.25, -0.2) is 17.9 Å². The second-order valence-corrected chi connectivity index (χ2v) is 14.4. The number of hydrogen-bond donors (Lipinski definition) is 3. The van der Waals surface area contributed by atoms with Crippen LogP contribution in [0.3, 0.4) is 0 Å². The Balaban J connectivity index is 1.80. The van der Waals surface area contributed by atoms with Crippen LogP contribution in [0.1, 0.15) is 30.0 Å². The van der Waals surface area contributed by atoms with Gasteiger partial charge < -0.3 is 4.98 Å². The van der Waals surface area contributed by atoms with Gasteiger partial charge in [0.15, 0.2) is 9.84 Å². The van der Waals surface area contributed by atoms with Gasteiger partial charge in [-0.3, -0.25) is 14.3 Å². The molecule has 4 rings (SSSR count). The van der Waals surface area contributed by atoms with E-state index in [1.807, 2.05) is 0 Å². The molecule has 42 heavy (non-hydrogen) atoms. The van der Waals surface area contributed by atoms with Gasteiger partial charge >= 0.3 is 11.9 Å². The molecule has 230 valence electrons. The van der Waals surface area contributed by atoms with Crippen LogP contribution in [-0.2, 0) is 39.3 Å². The van der Waals surface area contributed by atoms with Gasteiger partial charge in [-0.05, 0) is 41.8 Å². The summed E-state index contributed by atoms with van der Waals surface area (Å²) in [5, 5.41) is -0.892. The van der Waals surface area contributed by atoms with Crippen LogP contribution < -0.4 is 20.7 Å². The second-order valence-electron chi connectivity index (χ2n) is 9.66. The molecule has 2 aromatic carbocycles. The Labute approximate surface area is 248 Å². The van der Waals surface area contributed by atoms with Crippen LogP contribution in [0.4, 0.5) is 13.2 Å². The number of nitrogens with one attached hydrogen (secondary N) is 3. The SMILES string of the molecule is CCS(=O)(=O)c1ccc(Cl)cc1Cn1c(=O)[nH]c2c(Cl)c(CN3CCC(NS(=O)(=O)NC)C3)c(C(F)(F)F)cc2c1=O. The van der Waals surface area contributed by atoms with Crippen molar-refractivity contribution in [3.8, 4) is 0 Å². The number of alkyl halides is 3. The molecule has 2 heterocycles. The summed E-state index contributed by atoms with van der Waals surface area (Å²) < 4.78 is 96.7. The average Bonchev–Trinajstić information content (AvgIpc) is 3.33. The quantitative estimate of drug-likeness (QED) is 0.316. The average molecular weight is 673 g/mol. The van der Waals surface area contributed by atoms with Gasteiger partial charge in [0, 0.05) is 37.7 Å². The van der Waals surface area contributed by atoms with E-state index < -0.39 is 71.6 Å². The number of hydrogen-bond acceptors (Lipinski definition) is 7. The smallest absolute Gasteiger partial charge is 0.305 e. The Bertz CT molecular complexity index is 1880. The lowest BCUT2D eigenvalue weighted by molar-refractivity contribution is -0.138. The van der Waals surface area contributed by atoms with E-state index in [0.717, 1.165) is 0 Å². The fourth-order valence-electron chi connectivity index (χ4n) is 4.82. The molecule has 1 saturated heterocycles. The van der Waals surface area contributed by atoms with E-state index in [4.69, 9.17) is 23.2 Å². The van der Waals surface area contributed by atoms with Crippen molar-refractivity contribution in [2.24, 2.45) is 0 Å². The number of aromatic amines is 1. The van der Waals surface area contributed by atoms with E-state index in [-0.39, 0.29) is 46.4 Å². The molecule has 0 spiro atoms. The van der Waals surface area contributed by atoms with Gasteiger partial charge in [-0.2, -0.15) is 26.3 Å². The minimum absolute atomic E-state index is 0.00699. The number of likely N-dealkylation sites (tertiary alicyclic amines) is 1. The lowest BCUT2D eigenvalue weighted by Gasteiger charge is -2.22. The van der Waals surface area contributed by atoms with Crippen LogP contribution >= 0.6 is 23.2 Å². The molecule has 0 aliphatic carbocycles. The summed E-state index contributed by atoms with van der Waals surface area (Å²) >= 11 is 12.4. The summed E-state index contributed by atoms with van der Waals surface area (Å²) in [5.41, 5.74) is -4.05. The Hall–Kier alpha value is -2.47. The lowest BCUT2D eigenvalue weighted by Crippen LogP contribution is -2.42. The van der Waals surface area contributed by atoms with Crippen molar-refractivity contribution in [2.45, 2.75) is 43.5 Å². The Kier molecular flexibility index (Phi) is 9.19. The van der Waals surface area contributed by atoms with Crippen LogP contribution in [0.5, 0.6) is 0 Å². The van der Waals surface area contributed by atoms with Crippen molar-refractivity contribution in [2.75, 3.05) is 25.9 Å². The molecular weight excluding hydrogens is 646 g/mol. The highest BCUT2D eigenvalue weighted by Crippen LogP contribution is 2.39. The lowest BCUT2D eigenvalue weighted by atomic mass is 10.0. The number of aromatic nitrogens is 2. The van der Waals surface area contributed by atoms with Crippen molar-refractivity contribution in [1.29, 1.82) is 0 Å². The van der Waals surface area contributed by atoms with E-state index >= 15 is 0 Å². The summed E-state index contributed by atoms with van der Waals surface area (Å²) in [4.78, 5) is 30.2. The fourth-order valence-corrected chi connectivity index (χ4v) is 7.18. The third kappa shape index (κ3) is 6.69. The molecule has 0 saturated carbocycles. The number of fused-ring (bicyclic) bond motifs is 1. The number of H-pyrrole nitrogens is 1. The molecule has 1 aliphatic heterocycles. The molecule has 1 aliphatic rings. The van der Waals surface area contributed by atoms with Gasteiger partial charge in [0.1, 0.15) is 0 Å². The number of halogens is 5. The second kappa shape index (κ2) is 11.9. The van der Waals surface area contributed by atoms with Crippen molar-refractivity contribution in [3.63, 3.8) is 0 Å². The van der Waals surface area contributed by atoms with Gasteiger partial charge in [0.25, 0.3) is 15.8 Å². The number of rotatable bonds is 9. The molecule has 18 heteroatoms. The summed E-state index contributed by atoms with van der Waals surface area (Å²) in [6, 6.07) is 3.86. The highest BCUT2D eigenvalue weighted by Gasteiger charge is 2.37. The van der Waals surface area contributed by atoms with E-state index in [2.05, 4.69) is 14.4 Å². The summed E-state index contributed by atoms with van der Waals surface area (Å²) in [5.74, 6) is -0.281. The maximum absolute atomic E-state index is 14.3. The van der Waals surface area contributed by atoms with E-state index in [1.165, 1.54) is 32.2 Å². The summed E-state index contributed by atoms with van der Waals surface area (Å²) in [7, 11) is -6.35. The molecule has 1 atom stereocenters. The van der Waals surface area contributed by atoms with Crippen molar-refractivity contribution >= 4 is 54.2 Å². The Morgan fingerprint density at radius 1 is 1.10 bits per heavy atom. The maximum atomic E-state index is 14.3. The number of benzene rings is 2.